The van der Waals surface area contributed by atoms with Crippen molar-refractivity contribution in [3.05, 3.63) is 0 Å². The fourth-order valence-corrected chi connectivity index (χ4v) is 2.02. The van der Waals surface area contributed by atoms with E-state index in [-0.39, 0.29) is 42.7 Å². The molecular formula is C12H27Cl2N3O. The normalized spacial score (nSPS) is 25.9. The molecule has 0 radical (unpaired) electrons. The van der Waals surface area contributed by atoms with Gasteiger partial charge in [-0.25, -0.2) is 0 Å². The summed E-state index contributed by atoms with van der Waals surface area (Å²) in [5, 5.41) is 3.06. The zero-order chi connectivity index (χ0) is 12.3. The highest BCUT2D eigenvalue weighted by atomic mass is 35.5. The van der Waals surface area contributed by atoms with Crippen molar-refractivity contribution in [3.8, 4) is 0 Å². The van der Waals surface area contributed by atoms with E-state index in [4.69, 9.17) is 5.73 Å². The average molecular weight is 300 g/mol. The molecule has 18 heavy (non-hydrogen) atoms. The summed E-state index contributed by atoms with van der Waals surface area (Å²) in [5.74, 6) is 0.195. The minimum absolute atomic E-state index is 0. The molecule has 1 saturated heterocycles. The Bertz CT molecular complexity index is 251. The largest absolute Gasteiger partial charge is 0.352 e. The number of likely N-dealkylation sites (tertiary alicyclic amines) is 1. The van der Waals surface area contributed by atoms with Crippen molar-refractivity contribution >= 4 is 30.7 Å². The Morgan fingerprint density at radius 3 is 2.39 bits per heavy atom. The molecule has 0 saturated carbocycles. The highest BCUT2D eigenvalue weighted by molar-refractivity contribution is 5.85. The lowest BCUT2D eigenvalue weighted by Gasteiger charge is -2.35. The molecular weight excluding hydrogens is 273 g/mol. The van der Waals surface area contributed by atoms with Crippen molar-refractivity contribution in [2.24, 2.45) is 11.7 Å². The van der Waals surface area contributed by atoms with E-state index in [9.17, 15) is 4.79 Å². The summed E-state index contributed by atoms with van der Waals surface area (Å²) < 4.78 is 0. The summed E-state index contributed by atoms with van der Waals surface area (Å²) in [5.41, 5.74) is 5.82. The van der Waals surface area contributed by atoms with Crippen molar-refractivity contribution in [1.82, 2.24) is 10.2 Å². The van der Waals surface area contributed by atoms with Crippen molar-refractivity contribution in [2.75, 3.05) is 13.6 Å². The van der Waals surface area contributed by atoms with Gasteiger partial charge in [-0.2, -0.15) is 0 Å². The first kappa shape index (κ1) is 20.3. The van der Waals surface area contributed by atoms with Crippen LogP contribution in [0.1, 0.15) is 33.6 Å². The van der Waals surface area contributed by atoms with Gasteiger partial charge in [0.25, 0.3) is 0 Å². The van der Waals surface area contributed by atoms with Crippen LogP contribution in [0.3, 0.4) is 0 Å². The number of nitrogens with zero attached hydrogens (tertiary/aromatic N) is 1. The molecule has 3 N–H and O–H groups in total. The fourth-order valence-electron chi connectivity index (χ4n) is 2.02. The van der Waals surface area contributed by atoms with Gasteiger partial charge in [-0.3, -0.25) is 4.79 Å². The van der Waals surface area contributed by atoms with Gasteiger partial charge in [0.15, 0.2) is 0 Å². The maximum absolute atomic E-state index is 11.8. The van der Waals surface area contributed by atoms with E-state index < -0.39 is 0 Å². The Balaban J connectivity index is 0. The Kier molecular flexibility index (Phi) is 10.1. The second-order valence-electron chi connectivity index (χ2n) is 5.33. The first-order chi connectivity index (χ1) is 7.41. The number of nitrogens with two attached hydrogens (primary N) is 1. The lowest BCUT2D eigenvalue weighted by Crippen LogP contribution is -2.52. The van der Waals surface area contributed by atoms with E-state index in [1.54, 1.807) is 0 Å². The van der Waals surface area contributed by atoms with E-state index >= 15 is 0 Å². The minimum Gasteiger partial charge on any atom is -0.352 e. The number of nitrogens with one attached hydrogen (secondary N) is 1. The molecule has 6 heteroatoms. The van der Waals surface area contributed by atoms with E-state index in [2.05, 4.69) is 24.2 Å². The van der Waals surface area contributed by atoms with Crippen LogP contribution in [0.5, 0.6) is 0 Å². The predicted octanol–water partition coefficient (Wildman–Crippen LogP) is 1.41. The van der Waals surface area contributed by atoms with Gasteiger partial charge in [0.05, 0.1) is 6.04 Å². The minimum atomic E-state index is -0.380. The van der Waals surface area contributed by atoms with Crippen LogP contribution in [0, 0.1) is 5.92 Å². The van der Waals surface area contributed by atoms with Crippen LogP contribution >= 0.6 is 24.8 Å². The Morgan fingerprint density at radius 1 is 1.39 bits per heavy atom. The first-order valence-corrected chi connectivity index (χ1v) is 6.18. The molecule has 3 atom stereocenters. The van der Waals surface area contributed by atoms with E-state index in [1.807, 2.05) is 13.8 Å². The number of hydrogen-bond donors (Lipinski definition) is 2. The number of piperidine rings is 1. The molecule has 110 valence electrons. The molecule has 1 heterocycles. The van der Waals surface area contributed by atoms with Crippen LogP contribution < -0.4 is 11.1 Å². The second-order valence-corrected chi connectivity index (χ2v) is 5.33. The Morgan fingerprint density at radius 2 is 1.94 bits per heavy atom. The summed E-state index contributed by atoms with van der Waals surface area (Å²) in [6, 6.07) is 0.452. The second kappa shape index (κ2) is 8.97. The Labute approximate surface area is 123 Å². The van der Waals surface area contributed by atoms with Crippen molar-refractivity contribution in [1.29, 1.82) is 0 Å². The summed E-state index contributed by atoms with van der Waals surface area (Å²) in [7, 11) is 2.13. The maximum atomic E-state index is 11.8. The molecule has 0 aromatic rings. The molecule has 1 fully saturated rings. The Hall–Kier alpha value is -0.0300. The fraction of sp³-hybridized carbons (Fsp3) is 0.917. The van der Waals surface area contributed by atoms with Crippen LogP contribution in [0.25, 0.3) is 0 Å². The average Bonchev–Trinajstić information content (AvgIpc) is 2.22. The number of halogens is 2. The SMILES string of the molecule is CC(C)[C@H](N)C(=O)NC1CCN(C)C(C)C1.Cl.Cl. The molecule has 0 aromatic heterocycles. The van der Waals surface area contributed by atoms with Crippen molar-refractivity contribution in [2.45, 2.75) is 51.7 Å². The van der Waals surface area contributed by atoms with Crippen LogP contribution in [-0.2, 0) is 4.79 Å². The van der Waals surface area contributed by atoms with Gasteiger partial charge in [0, 0.05) is 18.6 Å². The summed E-state index contributed by atoms with van der Waals surface area (Å²) >= 11 is 0. The lowest BCUT2D eigenvalue weighted by atomic mass is 9.97. The zero-order valence-electron chi connectivity index (χ0n) is 11.7. The van der Waals surface area contributed by atoms with Crippen LogP contribution in [0.2, 0.25) is 0 Å². The highest BCUT2D eigenvalue weighted by Crippen LogP contribution is 2.15. The molecule has 1 aliphatic heterocycles. The highest BCUT2D eigenvalue weighted by Gasteiger charge is 2.26. The van der Waals surface area contributed by atoms with Gasteiger partial charge >= 0.3 is 0 Å². The lowest BCUT2D eigenvalue weighted by molar-refractivity contribution is -0.124. The standard InChI is InChI=1S/C12H25N3O.2ClH/c1-8(2)11(13)12(16)14-10-5-6-15(4)9(3)7-10;;/h8-11H,5-7,13H2,1-4H3,(H,14,16);2*1H/t9?,10?,11-;;/m0../s1. The molecule has 0 spiro atoms. The van der Waals surface area contributed by atoms with Gasteiger partial charge in [0.2, 0.25) is 5.91 Å². The van der Waals surface area contributed by atoms with Crippen LogP contribution in [-0.4, -0.2) is 42.5 Å². The molecule has 0 aromatic carbocycles. The molecule has 2 unspecified atom stereocenters. The van der Waals surface area contributed by atoms with Crippen LogP contribution in [0.15, 0.2) is 0 Å². The number of amides is 1. The van der Waals surface area contributed by atoms with E-state index in [0.29, 0.717) is 12.1 Å². The molecule has 0 aliphatic carbocycles. The van der Waals surface area contributed by atoms with E-state index in [0.717, 1.165) is 19.4 Å². The third kappa shape index (κ3) is 5.74. The molecule has 4 nitrogen and oxygen atoms in total. The van der Waals surface area contributed by atoms with Crippen molar-refractivity contribution in [3.63, 3.8) is 0 Å². The van der Waals surface area contributed by atoms with Gasteiger partial charge < -0.3 is 16.0 Å². The number of rotatable bonds is 3. The molecule has 0 bridgehead atoms. The summed E-state index contributed by atoms with van der Waals surface area (Å²) in [6.07, 6.45) is 2.05. The third-order valence-electron chi connectivity index (χ3n) is 3.58. The smallest absolute Gasteiger partial charge is 0.237 e. The maximum Gasteiger partial charge on any atom is 0.237 e. The van der Waals surface area contributed by atoms with Gasteiger partial charge in [-0.05, 0) is 32.7 Å². The molecule has 1 amide bonds. The topological polar surface area (TPSA) is 58.4 Å². The van der Waals surface area contributed by atoms with Gasteiger partial charge in [-0.1, -0.05) is 13.8 Å². The van der Waals surface area contributed by atoms with Gasteiger partial charge in [-0.15, -0.1) is 24.8 Å². The predicted molar refractivity (Wildman–Crippen MR) is 80.6 cm³/mol. The summed E-state index contributed by atoms with van der Waals surface area (Å²) in [6.45, 7) is 7.19. The quantitative estimate of drug-likeness (QED) is 0.828. The monoisotopic (exact) mass is 299 g/mol. The third-order valence-corrected chi connectivity index (χ3v) is 3.58. The molecule has 1 rings (SSSR count). The van der Waals surface area contributed by atoms with E-state index in [1.165, 1.54) is 0 Å². The first-order valence-electron chi connectivity index (χ1n) is 6.18. The number of carbonyl (C=O) groups is 1. The van der Waals surface area contributed by atoms with Gasteiger partial charge in [0.1, 0.15) is 0 Å². The summed E-state index contributed by atoms with van der Waals surface area (Å²) in [4.78, 5) is 14.1. The van der Waals surface area contributed by atoms with Crippen molar-refractivity contribution < 1.29 is 4.79 Å². The number of carbonyl (C=O) groups excluding carboxylic acids is 1. The zero-order valence-corrected chi connectivity index (χ0v) is 13.3. The van der Waals surface area contributed by atoms with Crippen LogP contribution in [0.4, 0.5) is 0 Å². The number of hydrogen-bond acceptors (Lipinski definition) is 3. The molecule has 1 aliphatic rings.